The number of hydrogen-bond acceptors (Lipinski definition) is 2. The van der Waals surface area contributed by atoms with Gasteiger partial charge in [-0.2, -0.15) is 11.3 Å². The summed E-state index contributed by atoms with van der Waals surface area (Å²) in [6, 6.07) is 2.23. The number of hydrogen-bond donors (Lipinski definition) is 1. The normalized spacial score (nSPS) is 19.6. The first-order valence-electron chi connectivity index (χ1n) is 5.33. The lowest BCUT2D eigenvalue weighted by Gasteiger charge is -2.30. The van der Waals surface area contributed by atoms with E-state index in [4.69, 9.17) is 5.73 Å². The van der Waals surface area contributed by atoms with Crippen LogP contribution in [-0.4, -0.2) is 5.54 Å². The third-order valence-corrected chi connectivity index (χ3v) is 4.42. The fourth-order valence-electron chi connectivity index (χ4n) is 2.19. The van der Waals surface area contributed by atoms with Gasteiger partial charge in [-0.3, -0.25) is 0 Å². The number of nitrogens with two attached hydrogens (primary N) is 1. The number of thiophene rings is 1. The van der Waals surface area contributed by atoms with E-state index >= 15 is 0 Å². The second kappa shape index (κ2) is 3.35. The molecular weight excluding hydrogens is 190 g/mol. The third kappa shape index (κ3) is 1.86. The minimum Gasteiger partial charge on any atom is -0.325 e. The first-order valence-corrected chi connectivity index (χ1v) is 6.28. The summed E-state index contributed by atoms with van der Waals surface area (Å²) in [7, 11) is 0. The monoisotopic (exact) mass is 209 g/mol. The van der Waals surface area contributed by atoms with Gasteiger partial charge in [0.2, 0.25) is 0 Å². The average molecular weight is 209 g/mol. The second-order valence-corrected chi connectivity index (χ2v) is 5.91. The lowest BCUT2D eigenvalue weighted by atomic mass is 9.81. The lowest BCUT2D eigenvalue weighted by Crippen LogP contribution is -2.42. The summed E-state index contributed by atoms with van der Waals surface area (Å²) < 4.78 is 0. The molecule has 0 saturated heterocycles. The van der Waals surface area contributed by atoms with E-state index in [1.54, 1.807) is 11.3 Å². The van der Waals surface area contributed by atoms with E-state index < -0.39 is 0 Å². The lowest BCUT2D eigenvalue weighted by molar-refractivity contribution is 0.276. The molecule has 1 nitrogen and oxygen atoms in total. The van der Waals surface area contributed by atoms with Gasteiger partial charge in [0.05, 0.1) is 0 Å². The van der Waals surface area contributed by atoms with Crippen molar-refractivity contribution in [3.8, 4) is 0 Å². The molecule has 0 aliphatic heterocycles. The third-order valence-electron chi connectivity index (χ3n) is 3.69. The van der Waals surface area contributed by atoms with Crippen LogP contribution < -0.4 is 5.73 Å². The van der Waals surface area contributed by atoms with Crippen LogP contribution in [0.5, 0.6) is 0 Å². The molecule has 0 radical (unpaired) electrons. The van der Waals surface area contributed by atoms with Gasteiger partial charge in [-0.15, -0.1) is 0 Å². The van der Waals surface area contributed by atoms with Gasteiger partial charge in [0.25, 0.3) is 0 Å². The van der Waals surface area contributed by atoms with Gasteiger partial charge in [-0.05, 0) is 67.3 Å². The highest BCUT2D eigenvalue weighted by atomic mass is 32.1. The van der Waals surface area contributed by atoms with E-state index in [1.807, 2.05) is 0 Å². The van der Waals surface area contributed by atoms with Gasteiger partial charge in [0.15, 0.2) is 0 Å². The Hall–Kier alpha value is -0.340. The molecule has 1 aromatic heterocycles. The van der Waals surface area contributed by atoms with Crippen LogP contribution in [0.4, 0.5) is 0 Å². The zero-order valence-corrected chi connectivity index (χ0v) is 9.86. The first-order chi connectivity index (χ1) is 6.54. The molecule has 78 valence electrons. The smallest absolute Gasteiger partial charge is 0.0154 e. The molecule has 1 saturated carbocycles. The maximum absolute atomic E-state index is 6.22. The van der Waals surface area contributed by atoms with E-state index in [2.05, 4.69) is 30.7 Å². The van der Waals surface area contributed by atoms with Crippen LogP contribution in [0, 0.1) is 5.41 Å². The van der Waals surface area contributed by atoms with Gasteiger partial charge >= 0.3 is 0 Å². The second-order valence-electron chi connectivity index (χ2n) is 5.13. The van der Waals surface area contributed by atoms with Crippen molar-refractivity contribution in [1.29, 1.82) is 0 Å². The minimum absolute atomic E-state index is 0.00300. The van der Waals surface area contributed by atoms with Crippen molar-refractivity contribution in [2.45, 2.75) is 45.1 Å². The predicted octanol–water partition coefficient (Wildman–Crippen LogP) is 3.20. The largest absolute Gasteiger partial charge is 0.325 e. The van der Waals surface area contributed by atoms with Crippen molar-refractivity contribution in [2.75, 3.05) is 0 Å². The summed E-state index contributed by atoms with van der Waals surface area (Å²) in [6.45, 7) is 4.35. The van der Waals surface area contributed by atoms with Gasteiger partial charge in [-0.25, -0.2) is 0 Å². The zero-order chi connectivity index (χ0) is 10.2. The Morgan fingerprint density at radius 2 is 2.21 bits per heavy atom. The Bertz CT molecular complexity index is 291. The summed E-state index contributed by atoms with van der Waals surface area (Å²) in [5, 5.41) is 4.40. The molecule has 14 heavy (non-hydrogen) atoms. The highest BCUT2D eigenvalue weighted by molar-refractivity contribution is 7.07. The molecule has 1 aromatic rings. The molecule has 1 aliphatic carbocycles. The molecule has 2 rings (SSSR count). The van der Waals surface area contributed by atoms with Crippen molar-refractivity contribution in [1.82, 2.24) is 0 Å². The summed E-state index contributed by atoms with van der Waals surface area (Å²) >= 11 is 1.79. The molecule has 0 spiro atoms. The summed E-state index contributed by atoms with van der Waals surface area (Å²) in [4.78, 5) is 0. The van der Waals surface area contributed by atoms with Crippen molar-refractivity contribution in [2.24, 2.45) is 11.1 Å². The molecule has 2 heteroatoms. The average Bonchev–Trinajstić information content (AvgIpc) is 2.72. The zero-order valence-electron chi connectivity index (χ0n) is 9.05. The molecule has 1 fully saturated rings. The number of rotatable bonds is 4. The van der Waals surface area contributed by atoms with Crippen LogP contribution in [0.25, 0.3) is 0 Å². The van der Waals surface area contributed by atoms with Crippen molar-refractivity contribution in [3.63, 3.8) is 0 Å². The van der Waals surface area contributed by atoms with E-state index in [-0.39, 0.29) is 5.54 Å². The molecule has 0 atom stereocenters. The molecule has 1 heterocycles. The minimum atomic E-state index is 0.00300. The number of aryl methyl sites for hydroxylation is 1. The molecule has 0 unspecified atom stereocenters. The molecule has 2 N–H and O–H groups in total. The Morgan fingerprint density at radius 1 is 1.50 bits per heavy atom. The van der Waals surface area contributed by atoms with E-state index in [0.29, 0.717) is 5.41 Å². The van der Waals surface area contributed by atoms with Crippen LogP contribution in [-0.2, 0) is 6.42 Å². The Labute approximate surface area is 90.3 Å². The fourth-order valence-corrected chi connectivity index (χ4v) is 2.89. The molecular formula is C12H19NS. The predicted molar refractivity (Wildman–Crippen MR) is 62.6 cm³/mol. The fraction of sp³-hybridized carbons (Fsp3) is 0.667. The van der Waals surface area contributed by atoms with Crippen LogP contribution in [0.15, 0.2) is 16.8 Å². The van der Waals surface area contributed by atoms with Gasteiger partial charge in [-0.1, -0.05) is 0 Å². The SMILES string of the molecule is CC(C)(N)C1(CCc2ccsc2)CC1. The Balaban J connectivity index is 1.93. The summed E-state index contributed by atoms with van der Waals surface area (Å²) in [6.07, 6.45) is 5.10. The Kier molecular flexibility index (Phi) is 2.44. The molecule has 0 amide bonds. The molecule has 0 aromatic carbocycles. The summed E-state index contributed by atoms with van der Waals surface area (Å²) in [5.74, 6) is 0. The van der Waals surface area contributed by atoms with Gasteiger partial charge in [0, 0.05) is 5.54 Å². The quantitative estimate of drug-likeness (QED) is 0.809. The van der Waals surface area contributed by atoms with Crippen LogP contribution in [0.1, 0.15) is 38.7 Å². The Morgan fingerprint density at radius 3 is 2.64 bits per heavy atom. The summed E-state index contributed by atoms with van der Waals surface area (Å²) in [5.41, 5.74) is 8.14. The molecule has 1 aliphatic rings. The maximum atomic E-state index is 6.22. The van der Waals surface area contributed by atoms with Crippen molar-refractivity contribution < 1.29 is 0 Å². The van der Waals surface area contributed by atoms with Gasteiger partial charge in [0.1, 0.15) is 0 Å². The van der Waals surface area contributed by atoms with Gasteiger partial charge < -0.3 is 5.73 Å². The van der Waals surface area contributed by atoms with Crippen LogP contribution in [0.3, 0.4) is 0 Å². The van der Waals surface area contributed by atoms with Crippen LogP contribution >= 0.6 is 11.3 Å². The maximum Gasteiger partial charge on any atom is 0.0154 e. The molecule has 0 bridgehead atoms. The standard InChI is InChI=1S/C12H19NS/c1-11(2,13)12(6-7-12)5-3-10-4-8-14-9-10/h4,8-9H,3,5-7,13H2,1-2H3. The highest BCUT2D eigenvalue weighted by Gasteiger charge is 2.51. The topological polar surface area (TPSA) is 26.0 Å². The van der Waals surface area contributed by atoms with E-state index in [1.165, 1.54) is 31.2 Å². The van der Waals surface area contributed by atoms with Crippen molar-refractivity contribution in [3.05, 3.63) is 22.4 Å². The highest BCUT2D eigenvalue weighted by Crippen LogP contribution is 2.56. The van der Waals surface area contributed by atoms with E-state index in [9.17, 15) is 0 Å². The van der Waals surface area contributed by atoms with Crippen molar-refractivity contribution >= 4 is 11.3 Å². The first kappa shape index (κ1) is 10.2. The van der Waals surface area contributed by atoms with Crippen LogP contribution in [0.2, 0.25) is 0 Å². The van der Waals surface area contributed by atoms with E-state index in [0.717, 1.165) is 0 Å².